The summed E-state index contributed by atoms with van der Waals surface area (Å²) in [5, 5.41) is 0.831. The smallest absolute Gasteiger partial charge is 0.430 e. The first-order valence-electron chi connectivity index (χ1n) is 4.86. The first kappa shape index (κ1) is 12.4. The molecule has 0 fully saturated rings. The van der Waals surface area contributed by atoms with E-state index in [1.807, 2.05) is 0 Å². The van der Waals surface area contributed by atoms with Crippen molar-refractivity contribution in [3.8, 4) is 0 Å². The fraction of sp³-hybridized carbons (Fsp3) is 0.500. The van der Waals surface area contributed by atoms with Gasteiger partial charge in [-0.1, -0.05) is 0 Å². The van der Waals surface area contributed by atoms with E-state index in [9.17, 15) is 4.79 Å². The van der Waals surface area contributed by atoms with Gasteiger partial charge in [-0.2, -0.15) is 5.01 Å². The molecule has 1 amide bonds. The summed E-state index contributed by atoms with van der Waals surface area (Å²) in [6, 6.07) is 0. The van der Waals surface area contributed by atoms with Crippen molar-refractivity contribution < 1.29 is 9.53 Å². The number of nitrogens with zero attached hydrogens (tertiary/aromatic N) is 3. The Balaban J connectivity index is 2.74. The highest BCUT2D eigenvalue weighted by molar-refractivity contribution is 5.84. The molecule has 1 heterocycles. The zero-order valence-electron chi connectivity index (χ0n) is 9.89. The number of hydrogen-bond donors (Lipinski definition) is 1. The van der Waals surface area contributed by atoms with E-state index in [1.54, 1.807) is 27.7 Å². The summed E-state index contributed by atoms with van der Waals surface area (Å²) in [6.07, 6.45) is 2.28. The van der Waals surface area contributed by atoms with Crippen molar-refractivity contribution >= 4 is 11.9 Å². The van der Waals surface area contributed by atoms with Crippen LogP contribution in [0.4, 0.5) is 10.6 Å². The predicted octanol–water partition coefficient (Wildman–Crippen LogP) is 1.40. The SMILES string of the molecule is Cc1cnc(N(N)C(=O)OC(C)(C)C)cn1. The minimum absolute atomic E-state index is 0.250. The minimum Gasteiger partial charge on any atom is -0.442 e. The molecule has 1 aromatic heterocycles. The summed E-state index contributed by atoms with van der Waals surface area (Å²) in [7, 11) is 0. The molecule has 0 bridgehead atoms. The van der Waals surface area contributed by atoms with E-state index >= 15 is 0 Å². The Hall–Kier alpha value is -1.69. The number of hydrogen-bond acceptors (Lipinski definition) is 5. The van der Waals surface area contributed by atoms with Gasteiger partial charge in [0.1, 0.15) is 5.60 Å². The molecule has 88 valence electrons. The van der Waals surface area contributed by atoms with Gasteiger partial charge in [-0.25, -0.2) is 15.6 Å². The molecule has 0 atom stereocenters. The van der Waals surface area contributed by atoms with E-state index in [4.69, 9.17) is 10.6 Å². The molecule has 16 heavy (non-hydrogen) atoms. The number of amides is 1. The van der Waals surface area contributed by atoms with E-state index < -0.39 is 11.7 Å². The lowest BCUT2D eigenvalue weighted by atomic mass is 10.2. The van der Waals surface area contributed by atoms with E-state index in [1.165, 1.54) is 12.4 Å². The van der Waals surface area contributed by atoms with Crippen LogP contribution in [0.5, 0.6) is 0 Å². The monoisotopic (exact) mass is 224 g/mol. The van der Waals surface area contributed by atoms with Gasteiger partial charge in [0.25, 0.3) is 0 Å². The van der Waals surface area contributed by atoms with Crippen LogP contribution in [-0.4, -0.2) is 21.7 Å². The molecule has 1 rings (SSSR count). The van der Waals surface area contributed by atoms with Crippen LogP contribution < -0.4 is 10.9 Å². The zero-order valence-corrected chi connectivity index (χ0v) is 9.89. The highest BCUT2D eigenvalue weighted by Gasteiger charge is 2.21. The molecule has 0 saturated carbocycles. The largest absolute Gasteiger partial charge is 0.442 e. The van der Waals surface area contributed by atoms with E-state index in [2.05, 4.69) is 9.97 Å². The van der Waals surface area contributed by atoms with Gasteiger partial charge in [0, 0.05) is 0 Å². The van der Waals surface area contributed by atoms with Crippen LogP contribution in [0.2, 0.25) is 0 Å². The summed E-state index contributed by atoms with van der Waals surface area (Å²) in [6.45, 7) is 7.09. The van der Waals surface area contributed by atoms with Gasteiger partial charge in [0.15, 0.2) is 5.82 Å². The molecule has 0 aliphatic heterocycles. The Morgan fingerprint density at radius 3 is 2.44 bits per heavy atom. The second kappa shape index (κ2) is 4.44. The van der Waals surface area contributed by atoms with E-state index in [0.717, 1.165) is 10.7 Å². The third-order valence-corrected chi connectivity index (χ3v) is 1.60. The number of anilines is 1. The first-order chi connectivity index (χ1) is 7.29. The molecule has 0 aliphatic carbocycles. The Kier molecular flexibility index (Phi) is 3.44. The van der Waals surface area contributed by atoms with Crippen LogP contribution in [0.15, 0.2) is 12.4 Å². The summed E-state index contributed by atoms with van der Waals surface area (Å²) < 4.78 is 5.08. The molecule has 0 saturated heterocycles. The number of aryl methyl sites for hydroxylation is 1. The molecule has 0 aliphatic rings. The molecular formula is C10H16N4O2. The summed E-state index contributed by atoms with van der Waals surface area (Å²) in [5.41, 5.74) is 0.161. The number of nitrogens with two attached hydrogens (primary N) is 1. The van der Waals surface area contributed by atoms with Crippen molar-refractivity contribution in [3.05, 3.63) is 18.1 Å². The van der Waals surface area contributed by atoms with Crippen LogP contribution >= 0.6 is 0 Å². The second-order valence-electron chi connectivity index (χ2n) is 4.37. The summed E-state index contributed by atoms with van der Waals surface area (Å²) in [4.78, 5) is 19.5. The maximum absolute atomic E-state index is 11.6. The van der Waals surface area contributed by atoms with Crippen molar-refractivity contribution in [1.29, 1.82) is 0 Å². The number of hydrazine groups is 1. The topological polar surface area (TPSA) is 81.3 Å². The van der Waals surface area contributed by atoms with Crippen LogP contribution in [0.3, 0.4) is 0 Å². The fourth-order valence-corrected chi connectivity index (χ4v) is 0.915. The Labute approximate surface area is 94.4 Å². The molecular weight excluding hydrogens is 208 g/mol. The van der Waals surface area contributed by atoms with Crippen LogP contribution in [0, 0.1) is 6.92 Å². The van der Waals surface area contributed by atoms with Crippen molar-refractivity contribution in [1.82, 2.24) is 9.97 Å². The van der Waals surface area contributed by atoms with Crippen LogP contribution in [0.1, 0.15) is 26.5 Å². The quantitative estimate of drug-likeness (QED) is 0.443. The van der Waals surface area contributed by atoms with Gasteiger partial charge in [-0.3, -0.25) is 4.98 Å². The standard InChI is InChI=1S/C10H16N4O2/c1-7-5-13-8(6-12-7)14(11)9(15)16-10(2,3)4/h5-6H,11H2,1-4H3. The number of carbonyl (C=O) groups excluding carboxylic acids is 1. The van der Waals surface area contributed by atoms with Crippen molar-refractivity contribution in [3.63, 3.8) is 0 Å². The van der Waals surface area contributed by atoms with Crippen molar-refractivity contribution in [2.24, 2.45) is 5.84 Å². The first-order valence-corrected chi connectivity index (χ1v) is 4.86. The summed E-state index contributed by atoms with van der Waals surface area (Å²) >= 11 is 0. The molecule has 1 aromatic rings. The highest BCUT2D eigenvalue weighted by atomic mass is 16.6. The third kappa shape index (κ3) is 3.47. The second-order valence-corrected chi connectivity index (χ2v) is 4.37. The lowest BCUT2D eigenvalue weighted by Crippen LogP contribution is -2.42. The van der Waals surface area contributed by atoms with Gasteiger partial charge in [-0.15, -0.1) is 0 Å². The molecule has 6 nitrogen and oxygen atoms in total. The zero-order chi connectivity index (χ0) is 12.3. The predicted molar refractivity (Wildman–Crippen MR) is 59.7 cm³/mol. The van der Waals surface area contributed by atoms with Gasteiger partial charge < -0.3 is 4.74 Å². The Morgan fingerprint density at radius 1 is 1.38 bits per heavy atom. The van der Waals surface area contributed by atoms with Gasteiger partial charge in [0.2, 0.25) is 0 Å². The molecule has 0 aromatic carbocycles. The number of carbonyl (C=O) groups is 1. The number of ether oxygens (including phenoxy) is 1. The average Bonchev–Trinajstić information content (AvgIpc) is 2.15. The van der Waals surface area contributed by atoms with Crippen LogP contribution in [0.25, 0.3) is 0 Å². The van der Waals surface area contributed by atoms with E-state index in [0.29, 0.717) is 0 Å². The lowest BCUT2D eigenvalue weighted by Gasteiger charge is -2.23. The van der Waals surface area contributed by atoms with Gasteiger partial charge >= 0.3 is 6.09 Å². The number of aromatic nitrogens is 2. The average molecular weight is 224 g/mol. The lowest BCUT2D eigenvalue weighted by molar-refractivity contribution is 0.0578. The third-order valence-electron chi connectivity index (χ3n) is 1.60. The maximum atomic E-state index is 11.6. The Bertz CT molecular complexity index is 369. The van der Waals surface area contributed by atoms with E-state index in [-0.39, 0.29) is 5.82 Å². The molecule has 2 N–H and O–H groups in total. The van der Waals surface area contributed by atoms with Crippen molar-refractivity contribution in [2.75, 3.05) is 5.01 Å². The van der Waals surface area contributed by atoms with Gasteiger partial charge in [-0.05, 0) is 27.7 Å². The molecule has 6 heteroatoms. The van der Waals surface area contributed by atoms with Crippen LogP contribution in [-0.2, 0) is 4.74 Å². The molecule has 0 spiro atoms. The summed E-state index contributed by atoms with van der Waals surface area (Å²) in [5.74, 6) is 5.80. The maximum Gasteiger partial charge on any atom is 0.430 e. The fourth-order valence-electron chi connectivity index (χ4n) is 0.915. The minimum atomic E-state index is -0.661. The number of rotatable bonds is 1. The van der Waals surface area contributed by atoms with Gasteiger partial charge in [0.05, 0.1) is 18.1 Å². The highest BCUT2D eigenvalue weighted by Crippen LogP contribution is 2.12. The van der Waals surface area contributed by atoms with Crippen molar-refractivity contribution in [2.45, 2.75) is 33.3 Å². The molecule has 0 unspecified atom stereocenters. The Morgan fingerprint density at radius 2 is 2.00 bits per heavy atom. The molecule has 0 radical (unpaired) electrons. The normalized spacial score (nSPS) is 11.1.